The molecule has 0 radical (unpaired) electrons. The third kappa shape index (κ3) is 28.2. The lowest BCUT2D eigenvalue weighted by Gasteiger charge is -2.28. The molecule has 0 aromatic rings. The highest BCUT2D eigenvalue weighted by Crippen LogP contribution is 2.11. The predicted octanol–water partition coefficient (Wildman–Crippen LogP) is 4.23. The Labute approximate surface area is 154 Å². The van der Waals surface area contributed by atoms with Gasteiger partial charge >= 0.3 is 0 Å². The van der Waals surface area contributed by atoms with Crippen LogP contribution in [0, 0.1) is 0 Å². The van der Waals surface area contributed by atoms with Gasteiger partial charge in [0.1, 0.15) is 0 Å². The number of hydrogen-bond donors (Lipinski definition) is 0. The van der Waals surface area contributed by atoms with Crippen molar-refractivity contribution in [3.8, 4) is 0 Å². The van der Waals surface area contributed by atoms with E-state index in [0.29, 0.717) is 0 Å². The van der Waals surface area contributed by atoms with E-state index in [0.717, 1.165) is 0 Å². The van der Waals surface area contributed by atoms with Gasteiger partial charge in [-0.1, -0.05) is 0 Å². The first-order valence-corrected chi connectivity index (χ1v) is 25.3. The lowest BCUT2D eigenvalue weighted by Crippen LogP contribution is -2.41. The Morgan fingerprint density at radius 2 is 0.783 bits per heavy atom. The molecule has 0 aliphatic heterocycles. The van der Waals surface area contributed by atoms with E-state index >= 15 is 0 Å². The van der Waals surface area contributed by atoms with Gasteiger partial charge in [0.2, 0.25) is 0 Å². The molecule has 0 rings (SSSR count). The Morgan fingerprint density at radius 3 is 0.957 bits per heavy atom. The molecule has 0 N–H and O–H groups in total. The Balaban J connectivity index is 0. The minimum absolute atomic E-state index is 0.674. The molecule has 0 aliphatic rings. The zero-order valence-electron chi connectivity index (χ0n) is 17.9. The summed E-state index contributed by atoms with van der Waals surface area (Å²) < 4.78 is 23.2. The second kappa shape index (κ2) is 10.3. The summed E-state index contributed by atoms with van der Waals surface area (Å²) in [7, 11) is -7.32. The first-order valence-electron chi connectivity index (χ1n) is 8.44. The fourth-order valence-corrected chi connectivity index (χ4v) is 13.6. The minimum Gasteiger partial charge on any atom is -0.441 e. The molecule has 23 heavy (non-hydrogen) atoms. The van der Waals surface area contributed by atoms with Gasteiger partial charge in [0.25, 0.3) is 19.3 Å². The summed E-state index contributed by atoms with van der Waals surface area (Å²) in [5, 5.41) is 0. The fourth-order valence-electron chi connectivity index (χ4n) is 1.40. The maximum atomic E-state index is 5.90. The standard InChI is InChI=1S/C7H22O2Si3.C6H20O2Si3/c1-10(8-11(2,3)4)9-12(5,6)7;1-10(2,3)7-9-8-11(4,5)6/h10H,1-7H3;9H2,1-6H3. The highest BCUT2D eigenvalue weighted by Gasteiger charge is 2.24. The second-order valence-electron chi connectivity index (χ2n) is 9.66. The van der Waals surface area contributed by atoms with Crippen molar-refractivity contribution in [1.29, 1.82) is 0 Å². The first-order chi connectivity index (χ1) is 9.81. The van der Waals surface area contributed by atoms with Crippen molar-refractivity contribution in [3.05, 3.63) is 0 Å². The van der Waals surface area contributed by atoms with Crippen LogP contribution >= 0.6 is 0 Å². The van der Waals surface area contributed by atoms with E-state index < -0.39 is 52.6 Å². The quantitative estimate of drug-likeness (QED) is 0.540. The van der Waals surface area contributed by atoms with Crippen molar-refractivity contribution in [2.24, 2.45) is 0 Å². The number of hydrogen-bond acceptors (Lipinski definition) is 4. The Hall–Kier alpha value is 1.14. The van der Waals surface area contributed by atoms with Crippen LogP contribution in [0.1, 0.15) is 0 Å². The zero-order chi connectivity index (χ0) is 19.1. The van der Waals surface area contributed by atoms with E-state index in [2.05, 4.69) is 85.1 Å². The normalized spacial score (nSPS) is 13.8. The van der Waals surface area contributed by atoms with Gasteiger partial charge in [-0.15, -0.1) is 0 Å². The van der Waals surface area contributed by atoms with Crippen LogP contribution in [0.2, 0.25) is 85.1 Å². The van der Waals surface area contributed by atoms with Gasteiger partial charge in [-0.25, -0.2) is 0 Å². The summed E-state index contributed by atoms with van der Waals surface area (Å²) in [4.78, 5) is 0. The van der Waals surface area contributed by atoms with Crippen molar-refractivity contribution in [1.82, 2.24) is 0 Å². The van der Waals surface area contributed by atoms with Crippen LogP contribution in [-0.4, -0.2) is 52.6 Å². The minimum atomic E-state index is -1.36. The van der Waals surface area contributed by atoms with E-state index in [1.807, 2.05) is 0 Å². The maximum Gasteiger partial charge on any atom is 0.297 e. The topological polar surface area (TPSA) is 36.9 Å². The van der Waals surface area contributed by atoms with Crippen molar-refractivity contribution in [2.45, 2.75) is 85.1 Å². The van der Waals surface area contributed by atoms with Gasteiger partial charge in [0.05, 0.1) is 0 Å². The smallest absolute Gasteiger partial charge is 0.297 e. The molecule has 0 bridgehead atoms. The Bertz CT molecular complexity index is 284. The molecular formula is C13H42O4Si6. The summed E-state index contributed by atoms with van der Waals surface area (Å²) in [6.07, 6.45) is 0. The summed E-state index contributed by atoms with van der Waals surface area (Å²) in [6.45, 7) is 28.6. The van der Waals surface area contributed by atoms with Crippen molar-refractivity contribution >= 4 is 52.6 Å². The van der Waals surface area contributed by atoms with Gasteiger partial charge in [-0.05, 0) is 85.1 Å². The van der Waals surface area contributed by atoms with Crippen LogP contribution in [0.5, 0.6) is 0 Å². The fraction of sp³-hybridized carbons (Fsp3) is 1.00. The lowest BCUT2D eigenvalue weighted by atomic mass is 11.8. The van der Waals surface area contributed by atoms with Gasteiger partial charge in [0, 0.05) is 0 Å². The summed E-state index contributed by atoms with van der Waals surface area (Å²) >= 11 is 0. The van der Waals surface area contributed by atoms with Crippen LogP contribution in [0.25, 0.3) is 0 Å². The molecule has 0 aromatic heterocycles. The van der Waals surface area contributed by atoms with Crippen LogP contribution in [0.3, 0.4) is 0 Å². The summed E-state index contributed by atoms with van der Waals surface area (Å²) in [5.41, 5.74) is 0. The van der Waals surface area contributed by atoms with E-state index in [1.165, 1.54) is 0 Å². The molecule has 0 amide bonds. The van der Waals surface area contributed by atoms with Gasteiger partial charge in [0.15, 0.2) is 33.3 Å². The second-order valence-corrected chi connectivity index (χ2v) is 32.1. The van der Waals surface area contributed by atoms with E-state index in [1.54, 1.807) is 0 Å². The van der Waals surface area contributed by atoms with Crippen LogP contribution in [-0.2, 0) is 16.5 Å². The molecule has 0 atom stereocenters. The van der Waals surface area contributed by atoms with Crippen molar-refractivity contribution in [3.63, 3.8) is 0 Å². The molecule has 0 saturated carbocycles. The zero-order valence-corrected chi connectivity index (χ0v) is 24.5. The maximum absolute atomic E-state index is 5.90. The van der Waals surface area contributed by atoms with Crippen LogP contribution < -0.4 is 0 Å². The first kappa shape index (κ1) is 26.4. The van der Waals surface area contributed by atoms with E-state index in [-0.39, 0.29) is 0 Å². The Morgan fingerprint density at radius 1 is 0.522 bits per heavy atom. The highest BCUT2D eigenvalue weighted by atomic mass is 28.4. The molecular weight excluding hydrogens is 389 g/mol. The molecule has 10 heteroatoms. The average Bonchev–Trinajstić information content (AvgIpc) is 2.05. The molecule has 4 nitrogen and oxygen atoms in total. The summed E-state index contributed by atoms with van der Waals surface area (Å²) in [5.74, 6) is 0. The molecule has 0 aliphatic carbocycles. The molecule has 0 heterocycles. The largest absolute Gasteiger partial charge is 0.441 e. The van der Waals surface area contributed by atoms with Crippen LogP contribution in [0.4, 0.5) is 0 Å². The Kier molecular flexibility index (Phi) is 11.8. The molecule has 0 aromatic carbocycles. The third-order valence-corrected chi connectivity index (χ3v) is 18.2. The molecule has 0 unspecified atom stereocenters. The molecule has 0 fully saturated rings. The molecule has 142 valence electrons. The average molecular weight is 431 g/mol. The summed E-state index contributed by atoms with van der Waals surface area (Å²) in [6, 6.07) is 0. The molecule has 0 spiro atoms. The van der Waals surface area contributed by atoms with Crippen LogP contribution in [0.15, 0.2) is 0 Å². The monoisotopic (exact) mass is 430 g/mol. The predicted molar refractivity (Wildman–Crippen MR) is 119 cm³/mol. The lowest BCUT2D eigenvalue weighted by molar-refractivity contribution is 0.428. The molecule has 0 saturated heterocycles. The van der Waals surface area contributed by atoms with Gasteiger partial charge in [-0.2, -0.15) is 0 Å². The van der Waals surface area contributed by atoms with E-state index in [9.17, 15) is 0 Å². The third-order valence-electron chi connectivity index (χ3n) is 2.02. The van der Waals surface area contributed by atoms with E-state index in [4.69, 9.17) is 16.5 Å². The highest BCUT2D eigenvalue weighted by molar-refractivity contribution is 6.80. The van der Waals surface area contributed by atoms with Crippen molar-refractivity contribution < 1.29 is 16.5 Å². The number of rotatable bonds is 8. The van der Waals surface area contributed by atoms with Crippen molar-refractivity contribution in [2.75, 3.05) is 0 Å². The van der Waals surface area contributed by atoms with Gasteiger partial charge in [-0.3, -0.25) is 0 Å². The SMILES string of the molecule is C[SiH](O[Si](C)(C)C)O[Si](C)(C)C.C[Si](C)(C)O[SiH2]O[Si](C)(C)C. The van der Waals surface area contributed by atoms with Gasteiger partial charge < -0.3 is 16.5 Å².